The summed E-state index contributed by atoms with van der Waals surface area (Å²) in [5.74, 6) is -1.96. The minimum Gasteiger partial charge on any atom is -0.443 e. The molecule has 0 atom stereocenters. The molecular formula is C19H11FN4O4. The molecule has 0 aliphatic rings. The number of aromatic nitrogens is 2. The molecule has 4 rings (SSSR count). The second kappa shape index (κ2) is 6.85. The molecule has 1 N–H and O–H groups in total. The van der Waals surface area contributed by atoms with Gasteiger partial charge in [0.2, 0.25) is 17.6 Å². The molecule has 0 aliphatic heterocycles. The van der Waals surface area contributed by atoms with E-state index in [1.54, 1.807) is 24.3 Å². The summed E-state index contributed by atoms with van der Waals surface area (Å²) >= 11 is 0. The molecule has 0 saturated carbocycles. The Kier molecular flexibility index (Phi) is 4.21. The Hall–Kier alpha value is -4.19. The number of halogens is 1. The van der Waals surface area contributed by atoms with Gasteiger partial charge in [0.15, 0.2) is 0 Å². The van der Waals surface area contributed by atoms with Crippen LogP contribution in [0.1, 0.15) is 5.76 Å². The van der Waals surface area contributed by atoms with Gasteiger partial charge in [0.25, 0.3) is 0 Å². The zero-order valence-electron chi connectivity index (χ0n) is 14.2. The number of amides is 1. The maximum atomic E-state index is 13.0. The molecule has 1 amide bonds. The largest absolute Gasteiger partial charge is 0.443 e. The number of hydrogen-bond donors (Lipinski definition) is 1. The summed E-state index contributed by atoms with van der Waals surface area (Å²) < 4.78 is 24.2. The highest BCUT2D eigenvalue weighted by Gasteiger charge is 2.18. The average molecular weight is 378 g/mol. The standard InChI is InChI=1S/C19H11FN4O4/c20-12-7-5-11(6-8-12)18-23-24(19(26)28-18)10-16(25)22-17-13-3-1-2-4-14(13)27-15(17)9-21/h1-8H,10H2,(H,22,25). The van der Waals surface area contributed by atoms with Gasteiger partial charge in [0.05, 0.1) is 0 Å². The topological polar surface area (TPSA) is 114 Å². The van der Waals surface area contributed by atoms with Crippen LogP contribution >= 0.6 is 0 Å². The number of nitrogens with zero attached hydrogens (tertiary/aromatic N) is 3. The van der Waals surface area contributed by atoms with Crippen molar-refractivity contribution in [1.29, 1.82) is 5.26 Å². The zero-order chi connectivity index (χ0) is 19.7. The highest BCUT2D eigenvalue weighted by atomic mass is 19.1. The van der Waals surface area contributed by atoms with Crippen molar-refractivity contribution in [3.05, 3.63) is 70.7 Å². The molecule has 138 valence electrons. The first-order valence-electron chi connectivity index (χ1n) is 8.10. The number of para-hydroxylation sites is 1. The van der Waals surface area contributed by atoms with E-state index in [0.29, 0.717) is 16.5 Å². The van der Waals surface area contributed by atoms with Gasteiger partial charge in [0.1, 0.15) is 29.7 Å². The second-order valence-corrected chi connectivity index (χ2v) is 5.80. The van der Waals surface area contributed by atoms with Crippen molar-refractivity contribution in [3.63, 3.8) is 0 Å². The van der Waals surface area contributed by atoms with Crippen LogP contribution in [0.4, 0.5) is 10.1 Å². The lowest BCUT2D eigenvalue weighted by Crippen LogP contribution is -2.26. The van der Waals surface area contributed by atoms with Gasteiger partial charge < -0.3 is 14.2 Å². The van der Waals surface area contributed by atoms with Crippen molar-refractivity contribution in [3.8, 4) is 17.5 Å². The van der Waals surface area contributed by atoms with Crippen LogP contribution in [0.3, 0.4) is 0 Å². The van der Waals surface area contributed by atoms with Crippen LogP contribution in [0.5, 0.6) is 0 Å². The van der Waals surface area contributed by atoms with Crippen LogP contribution in [0.2, 0.25) is 0 Å². The number of rotatable bonds is 4. The molecular weight excluding hydrogens is 367 g/mol. The first-order chi connectivity index (χ1) is 13.5. The number of benzene rings is 2. The minimum atomic E-state index is -0.841. The Labute approximate surface area is 156 Å². The summed E-state index contributed by atoms with van der Waals surface area (Å²) in [6.45, 7) is -0.437. The SMILES string of the molecule is N#Cc1oc2ccccc2c1NC(=O)Cn1nc(-c2ccc(F)cc2)oc1=O. The first kappa shape index (κ1) is 17.2. The first-order valence-corrected chi connectivity index (χ1v) is 8.10. The Bertz CT molecular complexity index is 1280. The quantitative estimate of drug-likeness (QED) is 0.584. The van der Waals surface area contributed by atoms with Crippen LogP contribution in [0.15, 0.2) is 62.2 Å². The number of carbonyl (C=O) groups excluding carboxylic acids is 1. The Morgan fingerprint density at radius 3 is 2.68 bits per heavy atom. The molecule has 0 bridgehead atoms. The molecule has 9 heteroatoms. The van der Waals surface area contributed by atoms with Crippen molar-refractivity contribution in [1.82, 2.24) is 9.78 Å². The summed E-state index contributed by atoms with van der Waals surface area (Å²) in [5.41, 5.74) is 1.07. The smallest absolute Gasteiger partial charge is 0.437 e. The van der Waals surface area contributed by atoms with E-state index in [2.05, 4.69) is 10.4 Å². The van der Waals surface area contributed by atoms with E-state index < -0.39 is 24.0 Å². The zero-order valence-corrected chi connectivity index (χ0v) is 14.2. The van der Waals surface area contributed by atoms with Crippen molar-refractivity contribution in [2.75, 3.05) is 5.32 Å². The molecule has 8 nitrogen and oxygen atoms in total. The average Bonchev–Trinajstić information content (AvgIpc) is 3.23. The molecule has 28 heavy (non-hydrogen) atoms. The van der Waals surface area contributed by atoms with Gasteiger partial charge >= 0.3 is 5.76 Å². The predicted octanol–water partition coefficient (Wildman–Crippen LogP) is 2.90. The van der Waals surface area contributed by atoms with Crippen molar-refractivity contribution in [2.24, 2.45) is 0 Å². The Morgan fingerprint density at radius 1 is 1.18 bits per heavy atom. The van der Waals surface area contributed by atoms with Crippen LogP contribution < -0.4 is 11.1 Å². The van der Waals surface area contributed by atoms with Gasteiger partial charge in [-0.1, -0.05) is 12.1 Å². The van der Waals surface area contributed by atoms with E-state index in [9.17, 15) is 19.2 Å². The van der Waals surface area contributed by atoms with E-state index in [1.165, 1.54) is 24.3 Å². The number of nitriles is 1. The molecule has 0 aliphatic carbocycles. The maximum absolute atomic E-state index is 13.0. The molecule has 0 unspecified atom stereocenters. The molecule has 4 aromatic rings. The molecule has 0 spiro atoms. The molecule has 0 radical (unpaired) electrons. The van der Waals surface area contributed by atoms with E-state index in [1.807, 2.05) is 6.07 Å². The molecule has 0 saturated heterocycles. The van der Waals surface area contributed by atoms with Gasteiger partial charge in [-0.05, 0) is 36.4 Å². The lowest BCUT2D eigenvalue weighted by atomic mass is 10.2. The van der Waals surface area contributed by atoms with Gasteiger partial charge in [-0.2, -0.15) is 9.94 Å². The van der Waals surface area contributed by atoms with Crippen LogP contribution in [0, 0.1) is 17.1 Å². The predicted molar refractivity (Wildman–Crippen MR) is 95.7 cm³/mol. The monoisotopic (exact) mass is 378 g/mol. The fraction of sp³-hybridized carbons (Fsp3) is 0.0526. The van der Waals surface area contributed by atoms with Gasteiger partial charge in [-0.15, -0.1) is 5.10 Å². The third-order valence-corrected chi connectivity index (χ3v) is 3.95. The highest BCUT2D eigenvalue weighted by Crippen LogP contribution is 2.30. The highest BCUT2D eigenvalue weighted by molar-refractivity contribution is 6.02. The number of nitrogens with one attached hydrogen (secondary N) is 1. The Balaban J connectivity index is 1.58. The lowest BCUT2D eigenvalue weighted by Gasteiger charge is -2.02. The third kappa shape index (κ3) is 3.14. The van der Waals surface area contributed by atoms with Crippen molar-refractivity contribution < 1.29 is 18.0 Å². The molecule has 0 fully saturated rings. The lowest BCUT2D eigenvalue weighted by molar-refractivity contribution is -0.117. The van der Waals surface area contributed by atoms with Crippen LogP contribution in [-0.2, 0) is 11.3 Å². The number of furan rings is 1. The fourth-order valence-electron chi connectivity index (χ4n) is 2.68. The molecule has 2 aromatic heterocycles. The summed E-state index contributed by atoms with van der Waals surface area (Å²) in [6.07, 6.45) is 0. The summed E-state index contributed by atoms with van der Waals surface area (Å²) in [7, 11) is 0. The van der Waals surface area contributed by atoms with E-state index in [4.69, 9.17) is 8.83 Å². The molecule has 2 heterocycles. The number of hydrogen-bond acceptors (Lipinski definition) is 6. The van der Waals surface area contributed by atoms with Crippen LogP contribution in [-0.4, -0.2) is 15.7 Å². The summed E-state index contributed by atoms with van der Waals surface area (Å²) in [6, 6.07) is 13.9. The summed E-state index contributed by atoms with van der Waals surface area (Å²) in [5, 5.41) is 16.3. The van der Waals surface area contributed by atoms with Gasteiger partial charge in [-0.25, -0.2) is 9.18 Å². The normalized spacial score (nSPS) is 10.7. The summed E-state index contributed by atoms with van der Waals surface area (Å²) in [4.78, 5) is 24.3. The molecule has 2 aromatic carbocycles. The second-order valence-electron chi connectivity index (χ2n) is 5.80. The maximum Gasteiger partial charge on any atom is 0.437 e. The van der Waals surface area contributed by atoms with Gasteiger partial charge in [-0.3, -0.25) is 4.79 Å². The number of anilines is 1. The number of carbonyl (C=O) groups is 1. The van der Waals surface area contributed by atoms with E-state index in [-0.39, 0.29) is 17.3 Å². The van der Waals surface area contributed by atoms with E-state index in [0.717, 1.165) is 4.68 Å². The van der Waals surface area contributed by atoms with Crippen molar-refractivity contribution in [2.45, 2.75) is 6.54 Å². The Morgan fingerprint density at radius 2 is 1.93 bits per heavy atom. The fourth-order valence-corrected chi connectivity index (χ4v) is 2.68. The third-order valence-electron chi connectivity index (χ3n) is 3.95. The van der Waals surface area contributed by atoms with Crippen LogP contribution in [0.25, 0.3) is 22.4 Å². The van der Waals surface area contributed by atoms with E-state index >= 15 is 0 Å². The van der Waals surface area contributed by atoms with Gasteiger partial charge in [0, 0.05) is 10.9 Å². The minimum absolute atomic E-state index is 0.0377. The number of fused-ring (bicyclic) bond motifs is 1. The van der Waals surface area contributed by atoms with Crippen molar-refractivity contribution >= 4 is 22.6 Å².